The summed E-state index contributed by atoms with van der Waals surface area (Å²) in [5.41, 5.74) is -0.870. The molecule has 0 amide bonds. The summed E-state index contributed by atoms with van der Waals surface area (Å²) in [4.78, 5) is 23.0. The first-order valence-corrected chi connectivity index (χ1v) is 4.85. The second-order valence-electron chi connectivity index (χ2n) is 3.69. The molecule has 1 aromatic carbocycles. The van der Waals surface area contributed by atoms with E-state index in [1.807, 2.05) is 0 Å². The number of carboxylic acid groups (broad SMARTS) is 1. The average Bonchev–Trinajstić information content (AvgIpc) is 2.28. The number of aliphatic carboxylic acids is 1. The summed E-state index contributed by atoms with van der Waals surface area (Å²) < 4.78 is 0. The van der Waals surface area contributed by atoms with Gasteiger partial charge in [-0.3, -0.25) is 9.59 Å². The molecule has 1 unspecified atom stereocenters. The molecule has 80 valence electrons. The van der Waals surface area contributed by atoms with Crippen molar-refractivity contribution in [3.05, 3.63) is 35.9 Å². The molecule has 1 atom stereocenters. The summed E-state index contributed by atoms with van der Waals surface area (Å²) in [7, 11) is 0. The van der Waals surface area contributed by atoms with Crippen LogP contribution in [0, 0.1) is 5.41 Å². The maximum Gasteiger partial charge on any atom is 0.317 e. The van der Waals surface area contributed by atoms with Gasteiger partial charge in [-0.05, 0) is 13.3 Å². The van der Waals surface area contributed by atoms with Gasteiger partial charge in [0.1, 0.15) is 5.41 Å². The van der Waals surface area contributed by atoms with Gasteiger partial charge >= 0.3 is 5.97 Å². The standard InChI is InChI=1S/C12H14O3/c1-3-12(2,11(14)15)10(13)9-7-5-4-6-8-9/h4-8H,3H2,1-2H3,(H,14,15). The Labute approximate surface area is 88.7 Å². The highest BCUT2D eigenvalue weighted by atomic mass is 16.4. The van der Waals surface area contributed by atoms with E-state index in [9.17, 15) is 9.59 Å². The SMILES string of the molecule is CCC(C)(C(=O)O)C(=O)c1ccccc1. The van der Waals surface area contributed by atoms with Crippen molar-refractivity contribution in [2.24, 2.45) is 5.41 Å². The zero-order chi connectivity index (χ0) is 11.5. The van der Waals surface area contributed by atoms with Crippen molar-refractivity contribution in [3.63, 3.8) is 0 Å². The van der Waals surface area contributed by atoms with Crippen molar-refractivity contribution in [3.8, 4) is 0 Å². The topological polar surface area (TPSA) is 54.4 Å². The number of carboxylic acids is 1. The van der Waals surface area contributed by atoms with Crippen molar-refractivity contribution in [2.45, 2.75) is 20.3 Å². The van der Waals surface area contributed by atoms with E-state index in [0.717, 1.165) is 0 Å². The van der Waals surface area contributed by atoms with Crippen LogP contribution in [0.1, 0.15) is 30.6 Å². The molecule has 1 N–H and O–H groups in total. The lowest BCUT2D eigenvalue weighted by molar-refractivity contribution is -0.145. The largest absolute Gasteiger partial charge is 0.480 e. The fourth-order valence-corrected chi connectivity index (χ4v) is 1.32. The lowest BCUT2D eigenvalue weighted by Gasteiger charge is -2.21. The normalized spacial score (nSPS) is 14.3. The lowest BCUT2D eigenvalue weighted by atomic mass is 9.80. The number of carbonyl (C=O) groups is 2. The van der Waals surface area contributed by atoms with Gasteiger partial charge in [-0.1, -0.05) is 37.3 Å². The fourth-order valence-electron chi connectivity index (χ4n) is 1.32. The minimum atomic E-state index is -1.32. The monoisotopic (exact) mass is 206 g/mol. The van der Waals surface area contributed by atoms with E-state index >= 15 is 0 Å². The number of ketones is 1. The van der Waals surface area contributed by atoms with E-state index in [4.69, 9.17) is 5.11 Å². The minimum Gasteiger partial charge on any atom is -0.480 e. The van der Waals surface area contributed by atoms with Crippen LogP contribution in [0.25, 0.3) is 0 Å². The summed E-state index contributed by atoms with van der Waals surface area (Å²) in [5.74, 6) is -1.41. The van der Waals surface area contributed by atoms with Crippen LogP contribution < -0.4 is 0 Å². The van der Waals surface area contributed by atoms with Crippen LogP contribution in [0.15, 0.2) is 30.3 Å². The molecule has 15 heavy (non-hydrogen) atoms. The maximum atomic E-state index is 12.0. The molecule has 0 saturated carbocycles. The predicted molar refractivity (Wildman–Crippen MR) is 56.8 cm³/mol. The highest BCUT2D eigenvalue weighted by Crippen LogP contribution is 2.26. The number of hydrogen-bond donors (Lipinski definition) is 1. The van der Waals surface area contributed by atoms with E-state index in [2.05, 4.69) is 0 Å². The molecule has 1 aromatic rings. The molecule has 0 aliphatic heterocycles. The molecule has 0 aliphatic carbocycles. The van der Waals surface area contributed by atoms with Gasteiger partial charge in [-0.2, -0.15) is 0 Å². The van der Waals surface area contributed by atoms with Crippen molar-refractivity contribution in [1.82, 2.24) is 0 Å². The van der Waals surface area contributed by atoms with Crippen LogP contribution in [0.2, 0.25) is 0 Å². The summed E-state index contributed by atoms with van der Waals surface area (Å²) in [6, 6.07) is 8.52. The average molecular weight is 206 g/mol. The molecule has 3 heteroatoms. The van der Waals surface area contributed by atoms with E-state index in [-0.39, 0.29) is 12.2 Å². The van der Waals surface area contributed by atoms with Gasteiger partial charge in [-0.25, -0.2) is 0 Å². The number of rotatable bonds is 4. The third kappa shape index (κ3) is 2.06. The Morgan fingerprint density at radius 3 is 2.20 bits per heavy atom. The van der Waals surface area contributed by atoms with Crippen LogP contribution in [-0.4, -0.2) is 16.9 Å². The molecule has 1 rings (SSSR count). The first kappa shape index (κ1) is 11.4. The molecule has 0 saturated heterocycles. The van der Waals surface area contributed by atoms with Gasteiger partial charge in [0.15, 0.2) is 5.78 Å². The quantitative estimate of drug-likeness (QED) is 0.607. The Morgan fingerprint density at radius 1 is 1.27 bits per heavy atom. The van der Waals surface area contributed by atoms with Gasteiger partial charge in [0.05, 0.1) is 0 Å². The molecule has 0 aliphatic rings. The second-order valence-corrected chi connectivity index (χ2v) is 3.69. The summed E-state index contributed by atoms with van der Waals surface area (Å²) in [6.45, 7) is 3.17. The van der Waals surface area contributed by atoms with E-state index in [0.29, 0.717) is 5.56 Å². The van der Waals surface area contributed by atoms with Crippen LogP contribution in [0.4, 0.5) is 0 Å². The first-order valence-electron chi connectivity index (χ1n) is 4.85. The Balaban J connectivity index is 3.08. The first-order chi connectivity index (χ1) is 7.02. The molecule has 0 heterocycles. The minimum absolute atomic E-state index is 0.288. The molecule has 0 spiro atoms. The highest BCUT2D eigenvalue weighted by Gasteiger charge is 2.39. The van der Waals surface area contributed by atoms with Gasteiger partial charge in [0.2, 0.25) is 0 Å². The van der Waals surface area contributed by atoms with E-state index in [1.54, 1.807) is 37.3 Å². The number of benzene rings is 1. The molecule has 0 bridgehead atoms. The van der Waals surface area contributed by atoms with Gasteiger partial charge in [0.25, 0.3) is 0 Å². The zero-order valence-corrected chi connectivity index (χ0v) is 8.86. The Morgan fingerprint density at radius 2 is 1.80 bits per heavy atom. The smallest absolute Gasteiger partial charge is 0.317 e. The Bertz CT molecular complexity index is 370. The Kier molecular flexibility index (Phi) is 3.24. The predicted octanol–water partition coefficient (Wildman–Crippen LogP) is 2.37. The number of hydrogen-bond acceptors (Lipinski definition) is 2. The van der Waals surface area contributed by atoms with Gasteiger partial charge < -0.3 is 5.11 Å². The molecule has 0 fully saturated rings. The molecular weight excluding hydrogens is 192 g/mol. The Hall–Kier alpha value is -1.64. The van der Waals surface area contributed by atoms with Crippen molar-refractivity contribution in [1.29, 1.82) is 0 Å². The van der Waals surface area contributed by atoms with Crippen LogP contribution in [0.3, 0.4) is 0 Å². The summed E-state index contributed by atoms with van der Waals surface area (Å²) >= 11 is 0. The second kappa shape index (κ2) is 4.26. The van der Waals surface area contributed by atoms with Crippen LogP contribution >= 0.6 is 0 Å². The van der Waals surface area contributed by atoms with Crippen molar-refractivity contribution in [2.75, 3.05) is 0 Å². The third-order valence-corrected chi connectivity index (χ3v) is 2.72. The maximum absolute atomic E-state index is 12.0. The van der Waals surface area contributed by atoms with Crippen molar-refractivity contribution >= 4 is 11.8 Å². The van der Waals surface area contributed by atoms with Crippen molar-refractivity contribution < 1.29 is 14.7 Å². The lowest BCUT2D eigenvalue weighted by Crippen LogP contribution is -2.35. The molecular formula is C12H14O3. The fraction of sp³-hybridized carbons (Fsp3) is 0.333. The zero-order valence-electron chi connectivity index (χ0n) is 8.86. The van der Waals surface area contributed by atoms with Crippen LogP contribution in [0.5, 0.6) is 0 Å². The molecule has 0 radical (unpaired) electrons. The number of Topliss-reactive ketones (excluding diaryl/α,β-unsaturated/α-hetero) is 1. The third-order valence-electron chi connectivity index (χ3n) is 2.72. The van der Waals surface area contributed by atoms with E-state index in [1.165, 1.54) is 6.92 Å². The van der Waals surface area contributed by atoms with Gasteiger partial charge in [0, 0.05) is 5.56 Å². The van der Waals surface area contributed by atoms with Crippen LogP contribution in [-0.2, 0) is 4.79 Å². The summed E-state index contributed by atoms with van der Waals surface area (Å²) in [5, 5.41) is 9.04. The number of carbonyl (C=O) groups excluding carboxylic acids is 1. The molecule has 0 aromatic heterocycles. The van der Waals surface area contributed by atoms with Gasteiger partial charge in [-0.15, -0.1) is 0 Å². The summed E-state index contributed by atoms with van der Waals surface area (Å²) in [6.07, 6.45) is 0.288. The highest BCUT2D eigenvalue weighted by molar-refractivity contribution is 6.11. The van der Waals surface area contributed by atoms with E-state index < -0.39 is 11.4 Å². The molecule has 3 nitrogen and oxygen atoms in total.